The van der Waals surface area contributed by atoms with Gasteiger partial charge in [0, 0.05) is 30.5 Å². The van der Waals surface area contributed by atoms with Gasteiger partial charge in [-0.3, -0.25) is 9.63 Å². The van der Waals surface area contributed by atoms with Crippen molar-refractivity contribution in [3.05, 3.63) is 0 Å². The van der Waals surface area contributed by atoms with Gasteiger partial charge in [0.25, 0.3) is 0 Å². The van der Waals surface area contributed by atoms with E-state index in [4.69, 9.17) is 4.84 Å². The maximum absolute atomic E-state index is 11.9. The number of hydrogen-bond donors (Lipinski definition) is 1. The Labute approximate surface area is 115 Å². The first-order valence-corrected chi connectivity index (χ1v) is 7.17. The Morgan fingerprint density at radius 2 is 1.74 bits per heavy atom. The van der Waals surface area contributed by atoms with Crippen molar-refractivity contribution in [2.24, 2.45) is 0 Å². The number of nitrogens with zero attached hydrogens (tertiary/aromatic N) is 2. The van der Waals surface area contributed by atoms with Crippen LogP contribution in [0.15, 0.2) is 0 Å². The molecule has 0 amide bonds. The fourth-order valence-corrected chi connectivity index (χ4v) is 3.39. The molecule has 1 atom stereocenters. The van der Waals surface area contributed by atoms with Gasteiger partial charge < -0.3 is 5.21 Å². The summed E-state index contributed by atoms with van der Waals surface area (Å²) in [5, 5.41) is 13.1. The van der Waals surface area contributed by atoms with Gasteiger partial charge in [0.15, 0.2) is 6.23 Å². The van der Waals surface area contributed by atoms with Gasteiger partial charge in [0.05, 0.1) is 0 Å². The third-order valence-electron chi connectivity index (χ3n) is 4.01. The number of piperidine rings is 2. The summed E-state index contributed by atoms with van der Waals surface area (Å²) in [7, 11) is 0. The molecule has 5 nitrogen and oxygen atoms in total. The van der Waals surface area contributed by atoms with Crippen LogP contribution >= 0.6 is 0 Å². The number of carbonyl (C=O) groups excluding carboxylic acids is 1. The smallest absolute Gasteiger partial charge is 0.154 e. The van der Waals surface area contributed by atoms with E-state index in [1.807, 2.05) is 32.8 Å². The zero-order valence-electron chi connectivity index (χ0n) is 12.5. The van der Waals surface area contributed by atoms with Crippen molar-refractivity contribution in [1.29, 1.82) is 0 Å². The van der Waals surface area contributed by atoms with Crippen molar-refractivity contribution in [2.45, 2.75) is 77.1 Å². The lowest BCUT2D eigenvalue weighted by Gasteiger charge is -2.52. The molecule has 110 valence electrons. The number of hydrogen-bond acceptors (Lipinski definition) is 5. The Morgan fingerprint density at radius 3 is 2.26 bits per heavy atom. The highest BCUT2D eigenvalue weighted by atomic mass is 16.7. The molecule has 0 spiro atoms. The van der Waals surface area contributed by atoms with E-state index >= 15 is 0 Å². The van der Waals surface area contributed by atoms with Crippen LogP contribution in [0.1, 0.15) is 59.8 Å². The first kappa shape index (κ1) is 14.9. The molecule has 2 aliphatic rings. The molecule has 0 radical (unpaired) electrons. The second-order valence-corrected chi connectivity index (χ2v) is 7.03. The zero-order chi connectivity index (χ0) is 14.3. The lowest BCUT2D eigenvalue weighted by atomic mass is 9.81. The van der Waals surface area contributed by atoms with Crippen LogP contribution in [0.3, 0.4) is 0 Å². The van der Waals surface area contributed by atoms with Gasteiger partial charge in [-0.25, -0.2) is 0 Å². The Kier molecular flexibility index (Phi) is 4.02. The van der Waals surface area contributed by atoms with Gasteiger partial charge in [0.1, 0.15) is 5.78 Å². The summed E-state index contributed by atoms with van der Waals surface area (Å²) in [6.07, 6.45) is 3.59. The second kappa shape index (κ2) is 5.13. The van der Waals surface area contributed by atoms with Crippen molar-refractivity contribution in [3.63, 3.8) is 0 Å². The van der Waals surface area contributed by atoms with Gasteiger partial charge in [0.2, 0.25) is 0 Å². The van der Waals surface area contributed by atoms with E-state index in [1.54, 1.807) is 0 Å². The number of carbonyl (C=O) groups is 1. The molecule has 2 saturated heterocycles. The topological polar surface area (TPSA) is 53.0 Å². The average molecular weight is 270 g/mol. The summed E-state index contributed by atoms with van der Waals surface area (Å²) in [6, 6.07) is 0. The number of ketones is 1. The number of hydroxylamine groups is 4. The largest absolute Gasteiger partial charge is 0.311 e. The normalized spacial score (nSPS) is 32.5. The molecule has 2 heterocycles. The molecule has 1 unspecified atom stereocenters. The van der Waals surface area contributed by atoms with Gasteiger partial charge in [-0.05, 0) is 47.0 Å². The molecule has 0 aromatic rings. The van der Waals surface area contributed by atoms with Crippen LogP contribution in [0, 0.1) is 0 Å². The fraction of sp³-hybridized carbons (Fsp3) is 0.929. The molecule has 2 aliphatic heterocycles. The van der Waals surface area contributed by atoms with Crippen molar-refractivity contribution in [3.8, 4) is 0 Å². The van der Waals surface area contributed by atoms with Crippen LogP contribution < -0.4 is 0 Å². The van der Waals surface area contributed by atoms with Crippen LogP contribution in [0.2, 0.25) is 0 Å². The molecule has 19 heavy (non-hydrogen) atoms. The minimum absolute atomic E-state index is 0.277. The predicted octanol–water partition coefficient (Wildman–Crippen LogP) is 2.34. The fourth-order valence-electron chi connectivity index (χ4n) is 3.39. The van der Waals surface area contributed by atoms with Crippen LogP contribution in [-0.2, 0) is 9.63 Å². The highest BCUT2D eigenvalue weighted by Gasteiger charge is 2.47. The third kappa shape index (κ3) is 3.16. The summed E-state index contributed by atoms with van der Waals surface area (Å²) in [5.74, 6) is 0.277. The minimum Gasteiger partial charge on any atom is -0.311 e. The molecule has 0 aliphatic carbocycles. The van der Waals surface area contributed by atoms with E-state index in [2.05, 4.69) is 0 Å². The zero-order valence-corrected chi connectivity index (χ0v) is 12.5. The highest BCUT2D eigenvalue weighted by Crippen LogP contribution is 2.38. The van der Waals surface area contributed by atoms with Gasteiger partial charge in [-0.1, -0.05) is 0 Å². The Bertz CT molecular complexity index is 335. The third-order valence-corrected chi connectivity index (χ3v) is 4.01. The van der Waals surface area contributed by atoms with Crippen LogP contribution in [0.5, 0.6) is 0 Å². The molecule has 0 aromatic carbocycles. The monoisotopic (exact) mass is 270 g/mol. The Balaban J connectivity index is 2.13. The molecule has 1 N–H and O–H groups in total. The SMILES string of the molecule is CC1(C)CC(=O)CC(C)(C)N1OC1CCCCN1O. The van der Waals surface area contributed by atoms with E-state index in [1.165, 1.54) is 5.06 Å². The van der Waals surface area contributed by atoms with Crippen molar-refractivity contribution < 1.29 is 14.8 Å². The summed E-state index contributed by atoms with van der Waals surface area (Å²) in [6.45, 7) is 8.75. The molecule has 0 saturated carbocycles. The molecular weight excluding hydrogens is 244 g/mol. The van der Waals surface area contributed by atoms with Crippen LogP contribution in [0.25, 0.3) is 0 Å². The molecule has 2 fully saturated rings. The first-order chi connectivity index (χ1) is 8.72. The van der Waals surface area contributed by atoms with E-state index in [9.17, 15) is 10.0 Å². The molecule has 2 rings (SSSR count). The summed E-state index contributed by atoms with van der Waals surface area (Å²) in [4.78, 5) is 17.9. The van der Waals surface area contributed by atoms with Gasteiger partial charge in [-0.2, -0.15) is 10.1 Å². The average Bonchev–Trinajstić information content (AvgIpc) is 2.23. The summed E-state index contributed by atoms with van der Waals surface area (Å²) >= 11 is 0. The summed E-state index contributed by atoms with van der Waals surface area (Å²) < 4.78 is 0. The summed E-state index contributed by atoms with van der Waals surface area (Å²) in [5.41, 5.74) is -0.672. The quantitative estimate of drug-likeness (QED) is 0.834. The van der Waals surface area contributed by atoms with Crippen molar-refractivity contribution >= 4 is 5.78 Å². The lowest BCUT2D eigenvalue weighted by molar-refractivity contribution is -0.363. The number of rotatable bonds is 2. The standard InChI is InChI=1S/C14H26N2O3/c1-13(2)9-11(17)10-14(3,4)16(13)19-12-7-5-6-8-15(12)18/h12,18H,5-10H2,1-4H3. The Hall–Kier alpha value is -0.490. The molecule has 0 aromatic heterocycles. The number of Topliss-reactive ketones (excluding diaryl/α,β-unsaturated/α-hetero) is 1. The van der Waals surface area contributed by atoms with E-state index in [0.717, 1.165) is 19.3 Å². The van der Waals surface area contributed by atoms with Gasteiger partial charge in [-0.15, -0.1) is 0 Å². The predicted molar refractivity (Wildman–Crippen MR) is 71.5 cm³/mol. The van der Waals surface area contributed by atoms with Crippen LogP contribution in [-0.4, -0.2) is 45.0 Å². The van der Waals surface area contributed by atoms with E-state index < -0.39 is 0 Å². The minimum atomic E-state index is -0.336. The second-order valence-electron chi connectivity index (χ2n) is 7.03. The maximum atomic E-state index is 11.9. The van der Waals surface area contributed by atoms with E-state index in [-0.39, 0.29) is 23.1 Å². The highest BCUT2D eigenvalue weighted by molar-refractivity contribution is 5.81. The maximum Gasteiger partial charge on any atom is 0.154 e. The van der Waals surface area contributed by atoms with Crippen molar-refractivity contribution in [2.75, 3.05) is 6.54 Å². The lowest BCUT2D eigenvalue weighted by Crippen LogP contribution is -2.62. The van der Waals surface area contributed by atoms with E-state index in [0.29, 0.717) is 19.4 Å². The molecular formula is C14H26N2O3. The molecule has 5 heteroatoms. The first-order valence-electron chi connectivity index (χ1n) is 7.17. The Morgan fingerprint density at radius 1 is 1.16 bits per heavy atom. The molecule has 0 bridgehead atoms. The van der Waals surface area contributed by atoms with Crippen LogP contribution in [0.4, 0.5) is 0 Å². The van der Waals surface area contributed by atoms with Crippen molar-refractivity contribution in [1.82, 2.24) is 10.1 Å². The van der Waals surface area contributed by atoms with Gasteiger partial charge >= 0.3 is 0 Å².